The minimum absolute atomic E-state index is 0.193. The standard InChI is InChI=1S/C20H38O5/c1-3-5-7-9-11-13-15-24-19(21)17-23-18-20(22)25-16-14-12-10-8-6-4-2/h3-18H2,1-2H3. The first-order valence-corrected chi connectivity index (χ1v) is 10.1. The van der Waals surface area contributed by atoms with Gasteiger partial charge in [-0.25, -0.2) is 9.59 Å². The van der Waals surface area contributed by atoms with E-state index in [4.69, 9.17) is 14.2 Å². The van der Waals surface area contributed by atoms with E-state index in [0.717, 1.165) is 25.7 Å². The second-order valence-corrected chi connectivity index (χ2v) is 6.47. The molecule has 0 aliphatic rings. The van der Waals surface area contributed by atoms with Gasteiger partial charge in [-0.1, -0.05) is 78.1 Å². The van der Waals surface area contributed by atoms with Crippen LogP contribution in [0.15, 0.2) is 0 Å². The van der Waals surface area contributed by atoms with Crippen LogP contribution in [-0.2, 0) is 23.8 Å². The Kier molecular flexibility index (Phi) is 18.4. The van der Waals surface area contributed by atoms with Crippen molar-refractivity contribution in [2.75, 3.05) is 26.4 Å². The zero-order valence-electron chi connectivity index (χ0n) is 16.4. The summed E-state index contributed by atoms with van der Waals surface area (Å²) in [6, 6.07) is 0. The maximum absolute atomic E-state index is 11.4. The van der Waals surface area contributed by atoms with E-state index in [1.165, 1.54) is 51.4 Å². The van der Waals surface area contributed by atoms with E-state index < -0.39 is 11.9 Å². The van der Waals surface area contributed by atoms with Gasteiger partial charge in [0.15, 0.2) is 0 Å². The molecule has 0 fully saturated rings. The third-order valence-corrected chi connectivity index (χ3v) is 3.96. The Labute approximate surface area is 153 Å². The van der Waals surface area contributed by atoms with Gasteiger partial charge in [-0.15, -0.1) is 0 Å². The van der Waals surface area contributed by atoms with Gasteiger partial charge in [0.25, 0.3) is 0 Å². The van der Waals surface area contributed by atoms with Gasteiger partial charge in [-0.05, 0) is 12.8 Å². The summed E-state index contributed by atoms with van der Waals surface area (Å²) in [7, 11) is 0. The van der Waals surface area contributed by atoms with E-state index in [2.05, 4.69) is 13.8 Å². The third-order valence-electron chi connectivity index (χ3n) is 3.96. The molecule has 0 unspecified atom stereocenters. The summed E-state index contributed by atoms with van der Waals surface area (Å²) in [5.41, 5.74) is 0. The lowest BCUT2D eigenvalue weighted by atomic mass is 10.1. The largest absolute Gasteiger partial charge is 0.464 e. The first-order chi connectivity index (χ1) is 12.2. The summed E-state index contributed by atoms with van der Waals surface area (Å²) in [5, 5.41) is 0. The maximum atomic E-state index is 11.4. The molecule has 5 nitrogen and oxygen atoms in total. The summed E-state index contributed by atoms with van der Waals surface area (Å²) >= 11 is 0. The molecule has 0 saturated heterocycles. The van der Waals surface area contributed by atoms with E-state index in [-0.39, 0.29) is 13.2 Å². The van der Waals surface area contributed by atoms with Crippen molar-refractivity contribution >= 4 is 11.9 Å². The monoisotopic (exact) mass is 358 g/mol. The second kappa shape index (κ2) is 19.2. The summed E-state index contributed by atoms with van der Waals surface area (Å²) in [4.78, 5) is 22.9. The molecule has 0 aromatic heterocycles. The van der Waals surface area contributed by atoms with Gasteiger partial charge in [0.05, 0.1) is 13.2 Å². The van der Waals surface area contributed by atoms with Crippen molar-refractivity contribution in [3.05, 3.63) is 0 Å². The highest BCUT2D eigenvalue weighted by atomic mass is 16.6. The highest BCUT2D eigenvalue weighted by Crippen LogP contribution is 2.05. The Hall–Kier alpha value is -1.10. The smallest absolute Gasteiger partial charge is 0.332 e. The van der Waals surface area contributed by atoms with Crippen molar-refractivity contribution in [2.24, 2.45) is 0 Å². The summed E-state index contributed by atoms with van der Waals surface area (Å²) < 4.78 is 15.1. The van der Waals surface area contributed by atoms with Crippen LogP contribution in [0.2, 0.25) is 0 Å². The van der Waals surface area contributed by atoms with Gasteiger partial charge in [0, 0.05) is 0 Å². The molecule has 5 heteroatoms. The molecule has 0 bridgehead atoms. The normalized spacial score (nSPS) is 10.6. The van der Waals surface area contributed by atoms with Crippen LogP contribution >= 0.6 is 0 Å². The van der Waals surface area contributed by atoms with Crippen LogP contribution < -0.4 is 0 Å². The van der Waals surface area contributed by atoms with E-state index >= 15 is 0 Å². The highest BCUT2D eigenvalue weighted by Gasteiger charge is 2.07. The number of hydrogen-bond donors (Lipinski definition) is 0. The summed E-state index contributed by atoms with van der Waals surface area (Å²) in [5.74, 6) is -0.838. The Morgan fingerprint density at radius 3 is 1.32 bits per heavy atom. The lowest BCUT2D eigenvalue weighted by Gasteiger charge is -2.07. The number of rotatable bonds is 18. The molecule has 0 aromatic rings. The molecule has 0 aliphatic carbocycles. The fourth-order valence-corrected chi connectivity index (χ4v) is 2.44. The Balaban J connectivity index is 3.32. The Bertz CT molecular complexity index is 287. The molecule has 25 heavy (non-hydrogen) atoms. The maximum Gasteiger partial charge on any atom is 0.332 e. The molecule has 148 valence electrons. The van der Waals surface area contributed by atoms with Crippen LogP contribution in [0.3, 0.4) is 0 Å². The topological polar surface area (TPSA) is 61.8 Å². The molecule has 0 aromatic carbocycles. The number of esters is 2. The van der Waals surface area contributed by atoms with Crippen molar-refractivity contribution in [1.82, 2.24) is 0 Å². The van der Waals surface area contributed by atoms with Crippen molar-refractivity contribution < 1.29 is 23.8 Å². The van der Waals surface area contributed by atoms with Crippen LogP contribution in [-0.4, -0.2) is 38.4 Å². The first kappa shape index (κ1) is 23.9. The predicted molar refractivity (Wildman–Crippen MR) is 99.5 cm³/mol. The van der Waals surface area contributed by atoms with E-state index in [9.17, 15) is 9.59 Å². The second-order valence-electron chi connectivity index (χ2n) is 6.47. The summed E-state index contributed by atoms with van der Waals surface area (Å²) in [6.45, 7) is 4.84. The van der Waals surface area contributed by atoms with Crippen LogP contribution in [0.25, 0.3) is 0 Å². The molecule has 0 amide bonds. The van der Waals surface area contributed by atoms with Crippen LogP contribution in [0.1, 0.15) is 90.9 Å². The average Bonchev–Trinajstić information content (AvgIpc) is 2.60. The lowest BCUT2D eigenvalue weighted by molar-refractivity contribution is -0.155. The molecule has 0 radical (unpaired) electrons. The molecule has 0 spiro atoms. The zero-order valence-corrected chi connectivity index (χ0v) is 16.4. The fraction of sp³-hybridized carbons (Fsp3) is 0.900. The molecule has 0 heterocycles. The minimum Gasteiger partial charge on any atom is -0.464 e. The van der Waals surface area contributed by atoms with Crippen molar-refractivity contribution in [3.8, 4) is 0 Å². The highest BCUT2D eigenvalue weighted by molar-refractivity contribution is 5.73. The number of hydrogen-bond acceptors (Lipinski definition) is 5. The number of carbonyl (C=O) groups excluding carboxylic acids is 2. The molecule has 0 aliphatic heterocycles. The van der Waals surface area contributed by atoms with Crippen LogP contribution in [0, 0.1) is 0 Å². The van der Waals surface area contributed by atoms with Gasteiger partial charge in [-0.2, -0.15) is 0 Å². The molecular formula is C20H38O5. The van der Waals surface area contributed by atoms with Crippen molar-refractivity contribution in [1.29, 1.82) is 0 Å². The van der Waals surface area contributed by atoms with Crippen molar-refractivity contribution in [2.45, 2.75) is 90.9 Å². The number of ether oxygens (including phenoxy) is 3. The SMILES string of the molecule is CCCCCCCCOC(=O)COCC(=O)OCCCCCCCC. The van der Waals surface area contributed by atoms with E-state index in [0.29, 0.717) is 13.2 Å². The number of unbranched alkanes of at least 4 members (excludes halogenated alkanes) is 10. The van der Waals surface area contributed by atoms with Gasteiger partial charge in [0.1, 0.15) is 13.2 Å². The number of carbonyl (C=O) groups is 2. The fourth-order valence-electron chi connectivity index (χ4n) is 2.44. The molecule has 0 N–H and O–H groups in total. The van der Waals surface area contributed by atoms with Gasteiger partial charge >= 0.3 is 11.9 Å². The predicted octanol–water partition coefficient (Wildman–Crippen LogP) is 4.81. The third kappa shape index (κ3) is 19.1. The molecular weight excluding hydrogens is 320 g/mol. The quantitative estimate of drug-likeness (QED) is 0.260. The van der Waals surface area contributed by atoms with Crippen molar-refractivity contribution in [3.63, 3.8) is 0 Å². The van der Waals surface area contributed by atoms with E-state index in [1.54, 1.807) is 0 Å². The summed E-state index contributed by atoms with van der Waals surface area (Å²) in [6.07, 6.45) is 13.8. The Morgan fingerprint density at radius 1 is 0.560 bits per heavy atom. The molecule has 0 atom stereocenters. The van der Waals surface area contributed by atoms with Crippen LogP contribution in [0.4, 0.5) is 0 Å². The van der Waals surface area contributed by atoms with E-state index in [1.807, 2.05) is 0 Å². The Morgan fingerprint density at radius 2 is 0.920 bits per heavy atom. The average molecular weight is 359 g/mol. The first-order valence-electron chi connectivity index (χ1n) is 10.1. The van der Waals surface area contributed by atoms with Gasteiger partial charge in [0.2, 0.25) is 0 Å². The minimum atomic E-state index is -0.419. The lowest BCUT2D eigenvalue weighted by Crippen LogP contribution is -2.19. The zero-order chi connectivity index (χ0) is 18.6. The van der Waals surface area contributed by atoms with Gasteiger partial charge in [-0.3, -0.25) is 0 Å². The van der Waals surface area contributed by atoms with Gasteiger partial charge < -0.3 is 14.2 Å². The van der Waals surface area contributed by atoms with Crippen LogP contribution in [0.5, 0.6) is 0 Å². The molecule has 0 rings (SSSR count). The molecule has 0 saturated carbocycles.